The standard InChI is InChI=1S/C20H24BrN3O3S/c1-2-16-6-8-18(9-7-16)22-20(25)15-23-10-12-24(13-11-23)28(26,27)19-5-3-4-17(21)14-19/h3-9,14H,2,10-13,15H2,1H3,(H,22,25). The van der Waals surface area contributed by atoms with Gasteiger partial charge in [-0.1, -0.05) is 41.1 Å². The van der Waals surface area contributed by atoms with Gasteiger partial charge in [-0.15, -0.1) is 0 Å². The van der Waals surface area contributed by atoms with Crippen LogP contribution in [0.1, 0.15) is 12.5 Å². The van der Waals surface area contributed by atoms with Gasteiger partial charge in [0, 0.05) is 36.3 Å². The molecule has 1 fully saturated rings. The van der Waals surface area contributed by atoms with E-state index in [1.54, 1.807) is 24.3 Å². The molecule has 0 aromatic heterocycles. The second-order valence-corrected chi connectivity index (χ2v) is 9.59. The maximum absolute atomic E-state index is 12.8. The Morgan fingerprint density at radius 2 is 1.75 bits per heavy atom. The van der Waals surface area contributed by atoms with Crippen molar-refractivity contribution in [3.05, 3.63) is 58.6 Å². The number of hydrogen-bond donors (Lipinski definition) is 1. The molecule has 3 rings (SSSR count). The maximum atomic E-state index is 12.8. The summed E-state index contributed by atoms with van der Waals surface area (Å²) >= 11 is 3.31. The number of benzene rings is 2. The third-order valence-electron chi connectivity index (χ3n) is 4.78. The molecular formula is C20H24BrN3O3S. The minimum absolute atomic E-state index is 0.0902. The Kier molecular flexibility index (Phi) is 6.87. The van der Waals surface area contributed by atoms with Crippen molar-refractivity contribution < 1.29 is 13.2 Å². The molecule has 0 aliphatic carbocycles. The van der Waals surface area contributed by atoms with Crippen molar-refractivity contribution in [1.29, 1.82) is 0 Å². The molecule has 28 heavy (non-hydrogen) atoms. The minimum Gasteiger partial charge on any atom is -0.325 e. The SMILES string of the molecule is CCc1ccc(NC(=O)CN2CCN(S(=O)(=O)c3cccc(Br)c3)CC2)cc1. The molecule has 2 aromatic carbocycles. The first-order chi connectivity index (χ1) is 13.4. The van der Waals surface area contributed by atoms with E-state index in [0.717, 1.165) is 16.6 Å². The van der Waals surface area contributed by atoms with E-state index in [9.17, 15) is 13.2 Å². The zero-order valence-electron chi connectivity index (χ0n) is 15.8. The van der Waals surface area contributed by atoms with E-state index in [1.807, 2.05) is 29.2 Å². The highest BCUT2D eigenvalue weighted by molar-refractivity contribution is 9.10. The second kappa shape index (κ2) is 9.17. The predicted molar refractivity (Wildman–Crippen MR) is 114 cm³/mol. The number of carbonyl (C=O) groups excluding carboxylic acids is 1. The van der Waals surface area contributed by atoms with E-state index in [4.69, 9.17) is 0 Å². The molecular weight excluding hydrogens is 442 g/mol. The largest absolute Gasteiger partial charge is 0.325 e. The zero-order valence-corrected chi connectivity index (χ0v) is 18.2. The average Bonchev–Trinajstić information content (AvgIpc) is 2.69. The Morgan fingerprint density at radius 3 is 2.36 bits per heavy atom. The third-order valence-corrected chi connectivity index (χ3v) is 7.17. The van der Waals surface area contributed by atoms with Gasteiger partial charge in [-0.05, 0) is 42.3 Å². The molecule has 1 aliphatic rings. The molecule has 8 heteroatoms. The van der Waals surface area contributed by atoms with Gasteiger partial charge in [-0.25, -0.2) is 8.42 Å². The highest BCUT2D eigenvalue weighted by Crippen LogP contribution is 2.21. The third kappa shape index (κ3) is 5.20. The smallest absolute Gasteiger partial charge is 0.243 e. The quantitative estimate of drug-likeness (QED) is 0.711. The molecule has 1 aliphatic heterocycles. The molecule has 2 aromatic rings. The molecule has 0 atom stereocenters. The van der Waals surface area contributed by atoms with Crippen LogP contribution in [0.5, 0.6) is 0 Å². The fourth-order valence-corrected chi connectivity index (χ4v) is 5.15. The molecule has 0 saturated carbocycles. The van der Waals surface area contributed by atoms with Crippen molar-refractivity contribution in [1.82, 2.24) is 9.21 Å². The number of carbonyl (C=O) groups is 1. The molecule has 6 nitrogen and oxygen atoms in total. The summed E-state index contributed by atoms with van der Waals surface area (Å²) in [5, 5.41) is 2.90. The molecule has 1 saturated heterocycles. The van der Waals surface area contributed by atoms with Crippen molar-refractivity contribution in [2.45, 2.75) is 18.2 Å². The van der Waals surface area contributed by atoms with Gasteiger partial charge in [0.05, 0.1) is 11.4 Å². The fourth-order valence-electron chi connectivity index (χ4n) is 3.13. The minimum atomic E-state index is -3.52. The number of nitrogens with zero attached hydrogens (tertiary/aromatic N) is 2. The van der Waals surface area contributed by atoms with Gasteiger partial charge in [0.15, 0.2) is 0 Å². The van der Waals surface area contributed by atoms with Gasteiger partial charge in [0.25, 0.3) is 0 Å². The summed E-state index contributed by atoms with van der Waals surface area (Å²) in [5.74, 6) is -0.0902. The maximum Gasteiger partial charge on any atom is 0.243 e. The molecule has 1 heterocycles. The fraction of sp³-hybridized carbons (Fsp3) is 0.350. The Hall–Kier alpha value is -1.74. The van der Waals surface area contributed by atoms with Crippen LogP contribution < -0.4 is 5.32 Å². The lowest BCUT2D eigenvalue weighted by molar-refractivity contribution is -0.117. The number of hydrogen-bond acceptors (Lipinski definition) is 4. The molecule has 0 unspecified atom stereocenters. The van der Waals surface area contributed by atoms with Gasteiger partial charge in [-0.2, -0.15) is 4.31 Å². The first-order valence-electron chi connectivity index (χ1n) is 9.25. The number of piperazine rings is 1. The summed E-state index contributed by atoms with van der Waals surface area (Å²) in [6.45, 7) is 4.12. The lowest BCUT2D eigenvalue weighted by Crippen LogP contribution is -2.50. The van der Waals surface area contributed by atoms with Gasteiger partial charge in [0.2, 0.25) is 15.9 Å². The van der Waals surface area contributed by atoms with E-state index >= 15 is 0 Å². The number of nitrogens with one attached hydrogen (secondary N) is 1. The van der Waals surface area contributed by atoms with E-state index in [-0.39, 0.29) is 17.3 Å². The predicted octanol–water partition coefficient (Wildman–Crippen LogP) is 2.96. The van der Waals surface area contributed by atoms with Gasteiger partial charge < -0.3 is 5.32 Å². The van der Waals surface area contributed by atoms with Crippen LogP contribution in [0, 0.1) is 0 Å². The van der Waals surface area contributed by atoms with Gasteiger partial charge in [-0.3, -0.25) is 9.69 Å². The zero-order chi connectivity index (χ0) is 20.1. The van der Waals surface area contributed by atoms with Crippen LogP contribution >= 0.6 is 15.9 Å². The normalized spacial score (nSPS) is 16.1. The molecule has 150 valence electrons. The molecule has 1 N–H and O–H groups in total. The number of halogens is 1. The van der Waals surface area contributed by atoms with E-state index in [1.165, 1.54) is 9.87 Å². The van der Waals surface area contributed by atoms with Gasteiger partial charge in [0.1, 0.15) is 0 Å². The highest BCUT2D eigenvalue weighted by atomic mass is 79.9. The number of sulfonamides is 1. The van der Waals surface area contributed by atoms with Crippen LogP contribution in [0.2, 0.25) is 0 Å². The van der Waals surface area contributed by atoms with Crippen molar-refractivity contribution in [3.8, 4) is 0 Å². The summed E-state index contributed by atoms with van der Waals surface area (Å²) in [7, 11) is -3.52. The van der Waals surface area contributed by atoms with Gasteiger partial charge >= 0.3 is 0 Å². The van der Waals surface area contributed by atoms with Crippen LogP contribution in [0.4, 0.5) is 5.69 Å². The van der Waals surface area contributed by atoms with Crippen molar-refractivity contribution in [2.75, 3.05) is 38.0 Å². The summed E-state index contributed by atoms with van der Waals surface area (Å²) in [4.78, 5) is 14.5. The Morgan fingerprint density at radius 1 is 1.07 bits per heavy atom. The monoisotopic (exact) mass is 465 g/mol. The van der Waals surface area contributed by atoms with Crippen molar-refractivity contribution >= 4 is 37.5 Å². The summed E-state index contributed by atoms with van der Waals surface area (Å²) in [6.07, 6.45) is 0.960. The van der Waals surface area contributed by atoms with Crippen LogP contribution in [0.15, 0.2) is 57.9 Å². The lowest BCUT2D eigenvalue weighted by Gasteiger charge is -2.33. The van der Waals surface area contributed by atoms with Crippen LogP contribution in [-0.4, -0.2) is 56.3 Å². The average molecular weight is 466 g/mol. The van der Waals surface area contributed by atoms with Crippen LogP contribution in [0.25, 0.3) is 0 Å². The first kappa shape index (κ1) is 21.0. The lowest BCUT2D eigenvalue weighted by atomic mass is 10.1. The van der Waals surface area contributed by atoms with Crippen molar-refractivity contribution in [3.63, 3.8) is 0 Å². The van der Waals surface area contributed by atoms with Crippen LogP contribution in [0.3, 0.4) is 0 Å². The van der Waals surface area contributed by atoms with Crippen molar-refractivity contribution in [2.24, 2.45) is 0 Å². The molecule has 0 bridgehead atoms. The number of anilines is 1. The number of rotatable bonds is 6. The topological polar surface area (TPSA) is 69.7 Å². The Balaban J connectivity index is 1.52. The van der Waals surface area contributed by atoms with E-state index in [0.29, 0.717) is 26.2 Å². The molecule has 0 radical (unpaired) electrons. The van der Waals surface area contributed by atoms with E-state index in [2.05, 4.69) is 28.2 Å². The molecule has 1 amide bonds. The highest BCUT2D eigenvalue weighted by Gasteiger charge is 2.29. The molecule has 0 spiro atoms. The number of amides is 1. The van der Waals surface area contributed by atoms with Crippen LogP contribution in [-0.2, 0) is 21.2 Å². The van der Waals surface area contributed by atoms with E-state index < -0.39 is 10.0 Å². The number of aryl methyl sites for hydroxylation is 1. The summed E-state index contributed by atoms with van der Waals surface area (Å²) in [5.41, 5.74) is 2.00. The Bertz CT molecular complexity index is 924. The first-order valence-corrected chi connectivity index (χ1v) is 11.5. The second-order valence-electron chi connectivity index (χ2n) is 6.74. The summed E-state index contributed by atoms with van der Waals surface area (Å²) in [6, 6.07) is 14.5. The Labute approximate surface area is 174 Å². The summed E-state index contributed by atoms with van der Waals surface area (Å²) < 4.78 is 27.7.